The number of ether oxygens (including phenoxy) is 2. The van der Waals surface area contributed by atoms with Crippen LogP contribution in [0, 0.1) is 0 Å². The molecule has 0 heterocycles. The van der Waals surface area contributed by atoms with E-state index in [4.69, 9.17) is 9.47 Å². The summed E-state index contributed by atoms with van der Waals surface area (Å²) < 4.78 is 10.2. The second-order valence-corrected chi connectivity index (χ2v) is 5.58. The number of unbranched alkanes of at least 4 members (excludes halogenated alkanes) is 5. The second kappa shape index (κ2) is 13.9. The largest absolute Gasteiger partial charge is 0.466 e. The average molecular weight is 300 g/mol. The van der Waals surface area contributed by atoms with E-state index in [0.29, 0.717) is 6.61 Å². The van der Waals surface area contributed by atoms with E-state index >= 15 is 0 Å². The average Bonchev–Trinajstić information content (AvgIpc) is 2.46. The van der Waals surface area contributed by atoms with Crippen molar-refractivity contribution in [3.05, 3.63) is 0 Å². The Morgan fingerprint density at radius 2 is 1.48 bits per heavy atom. The number of carbonyl (C=O) groups is 2. The van der Waals surface area contributed by atoms with Crippen LogP contribution in [-0.4, -0.2) is 24.6 Å². The molecular formula is C17H32O4. The molecule has 0 N–H and O–H groups in total. The lowest BCUT2D eigenvalue weighted by atomic mass is 10.1. The first-order valence-corrected chi connectivity index (χ1v) is 8.45. The minimum absolute atomic E-state index is 0.0599. The molecule has 0 aliphatic rings. The van der Waals surface area contributed by atoms with Crippen LogP contribution in [0.5, 0.6) is 0 Å². The van der Waals surface area contributed by atoms with E-state index in [1.54, 1.807) is 0 Å². The summed E-state index contributed by atoms with van der Waals surface area (Å²) in [5.41, 5.74) is 0. The molecule has 0 aliphatic heterocycles. The first-order chi connectivity index (χ1) is 10.1. The van der Waals surface area contributed by atoms with E-state index in [-0.39, 0.29) is 30.9 Å². The van der Waals surface area contributed by atoms with Crippen LogP contribution in [0.3, 0.4) is 0 Å². The predicted molar refractivity (Wildman–Crippen MR) is 84.0 cm³/mol. The standard InChI is InChI=1S/C17H32O4/c1-4-6-7-8-9-10-11-15(3)21-17(19)13-12-16(18)20-14-5-2/h15H,4-14H2,1-3H3. The Balaban J connectivity index is 3.54. The van der Waals surface area contributed by atoms with E-state index in [2.05, 4.69) is 6.92 Å². The zero-order valence-electron chi connectivity index (χ0n) is 14.0. The number of carbonyl (C=O) groups excluding carboxylic acids is 2. The summed E-state index contributed by atoms with van der Waals surface area (Å²) in [4.78, 5) is 22.8. The molecule has 0 aromatic rings. The first-order valence-electron chi connectivity index (χ1n) is 8.45. The number of hydrogen-bond donors (Lipinski definition) is 0. The van der Waals surface area contributed by atoms with Crippen molar-refractivity contribution in [2.24, 2.45) is 0 Å². The van der Waals surface area contributed by atoms with Crippen LogP contribution >= 0.6 is 0 Å². The van der Waals surface area contributed by atoms with Gasteiger partial charge in [0.05, 0.1) is 25.6 Å². The maximum atomic E-state index is 11.6. The summed E-state index contributed by atoms with van der Waals surface area (Å²) in [5.74, 6) is -0.626. The molecule has 4 heteroatoms. The summed E-state index contributed by atoms with van der Waals surface area (Å²) in [7, 11) is 0. The molecule has 0 fully saturated rings. The van der Waals surface area contributed by atoms with Gasteiger partial charge < -0.3 is 9.47 Å². The van der Waals surface area contributed by atoms with Gasteiger partial charge in [0.25, 0.3) is 0 Å². The second-order valence-electron chi connectivity index (χ2n) is 5.58. The molecular weight excluding hydrogens is 268 g/mol. The van der Waals surface area contributed by atoms with Gasteiger partial charge in [-0.2, -0.15) is 0 Å². The maximum absolute atomic E-state index is 11.6. The van der Waals surface area contributed by atoms with Crippen LogP contribution in [0.1, 0.15) is 85.0 Å². The molecule has 0 spiro atoms. The highest BCUT2D eigenvalue weighted by Crippen LogP contribution is 2.11. The van der Waals surface area contributed by atoms with Gasteiger partial charge in [-0.3, -0.25) is 9.59 Å². The van der Waals surface area contributed by atoms with Crippen LogP contribution in [0.25, 0.3) is 0 Å². The highest BCUT2D eigenvalue weighted by Gasteiger charge is 2.12. The summed E-state index contributed by atoms with van der Waals surface area (Å²) in [6, 6.07) is 0. The Morgan fingerprint density at radius 3 is 2.14 bits per heavy atom. The first kappa shape index (κ1) is 19.9. The topological polar surface area (TPSA) is 52.6 Å². The Morgan fingerprint density at radius 1 is 0.857 bits per heavy atom. The van der Waals surface area contributed by atoms with Gasteiger partial charge >= 0.3 is 11.9 Å². The summed E-state index contributed by atoms with van der Waals surface area (Å²) >= 11 is 0. The zero-order chi connectivity index (χ0) is 15.9. The quantitative estimate of drug-likeness (QED) is 0.373. The van der Waals surface area contributed by atoms with Crippen molar-refractivity contribution in [1.82, 2.24) is 0 Å². The zero-order valence-corrected chi connectivity index (χ0v) is 14.0. The molecule has 124 valence electrons. The summed E-state index contributed by atoms with van der Waals surface area (Å²) in [5, 5.41) is 0. The van der Waals surface area contributed by atoms with Crippen molar-refractivity contribution in [3.8, 4) is 0 Å². The van der Waals surface area contributed by atoms with Gasteiger partial charge in [-0.05, 0) is 26.2 Å². The minimum Gasteiger partial charge on any atom is -0.466 e. The highest BCUT2D eigenvalue weighted by molar-refractivity contribution is 5.77. The van der Waals surface area contributed by atoms with E-state index in [1.165, 1.54) is 32.1 Å². The third-order valence-electron chi connectivity index (χ3n) is 3.30. The number of esters is 2. The van der Waals surface area contributed by atoms with E-state index in [0.717, 1.165) is 19.3 Å². The normalized spacial score (nSPS) is 12.0. The molecule has 0 saturated carbocycles. The summed E-state index contributed by atoms with van der Waals surface area (Å²) in [6.45, 7) is 6.48. The monoisotopic (exact) mass is 300 g/mol. The lowest BCUT2D eigenvalue weighted by Crippen LogP contribution is -2.16. The van der Waals surface area contributed by atoms with Gasteiger partial charge in [0, 0.05) is 0 Å². The van der Waals surface area contributed by atoms with Crippen LogP contribution in [0.2, 0.25) is 0 Å². The third kappa shape index (κ3) is 13.7. The maximum Gasteiger partial charge on any atom is 0.306 e. The Hall–Kier alpha value is -1.06. The van der Waals surface area contributed by atoms with Crippen LogP contribution in [0.15, 0.2) is 0 Å². The molecule has 21 heavy (non-hydrogen) atoms. The van der Waals surface area contributed by atoms with E-state index < -0.39 is 0 Å². The van der Waals surface area contributed by atoms with Crippen LogP contribution in [-0.2, 0) is 19.1 Å². The Labute approximate surface area is 129 Å². The fourth-order valence-corrected chi connectivity index (χ4v) is 2.05. The van der Waals surface area contributed by atoms with Gasteiger partial charge in [-0.25, -0.2) is 0 Å². The molecule has 0 amide bonds. The smallest absolute Gasteiger partial charge is 0.306 e. The van der Waals surface area contributed by atoms with Crippen molar-refractivity contribution >= 4 is 11.9 Å². The lowest BCUT2D eigenvalue weighted by molar-refractivity contribution is -0.153. The molecule has 0 aliphatic carbocycles. The van der Waals surface area contributed by atoms with Gasteiger partial charge in [0.2, 0.25) is 0 Å². The molecule has 0 radical (unpaired) electrons. The molecule has 1 atom stereocenters. The molecule has 0 rings (SSSR count). The number of hydrogen-bond acceptors (Lipinski definition) is 4. The van der Waals surface area contributed by atoms with Crippen molar-refractivity contribution in [2.75, 3.05) is 6.61 Å². The molecule has 0 aromatic carbocycles. The Kier molecular flexibility index (Phi) is 13.2. The summed E-state index contributed by atoms with van der Waals surface area (Å²) in [6.07, 6.45) is 9.28. The van der Waals surface area contributed by atoms with Gasteiger partial charge in [0.15, 0.2) is 0 Å². The van der Waals surface area contributed by atoms with Gasteiger partial charge in [0.1, 0.15) is 0 Å². The van der Waals surface area contributed by atoms with Crippen LogP contribution < -0.4 is 0 Å². The fraction of sp³-hybridized carbons (Fsp3) is 0.882. The van der Waals surface area contributed by atoms with Crippen molar-refractivity contribution in [2.45, 2.75) is 91.1 Å². The van der Waals surface area contributed by atoms with Crippen molar-refractivity contribution < 1.29 is 19.1 Å². The van der Waals surface area contributed by atoms with Crippen LogP contribution in [0.4, 0.5) is 0 Å². The van der Waals surface area contributed by atoms with Crippen molar-refractivity contribution in [3.63, 3.8) is 0 Å². The lowest BCUT2D eigenvalue weighted by Gasteiger charge is -2.13. The SMILES string of the molecule is CCCCCCCCC(C)OC(=O)CCC(=O)OCCC. The van der Waals surface area contributed by atoms with E-state index in [9.17, 15) is 9.59 Å². The predicted octanol–water partition coefficient (Wildman–Crippen LogP) is 4.40. The Bertz CT molecular complexity index is 276. The van der Waals surface area contributed by atoms with Crippen molar-refractivity contribution in [1.29, 1.82) is 0 Å². The number of rotatable bonds is 13. The van der Waals surface area contributed by atoms with Gasteiger partial charge in [-0.15, -0.1) is 0 Å². The fourth-order valence-electron chi connectivity index (χ4n) is 2.05. The molecule has 0 saturated heterocycles. The molecule has 0 bridgehead atoms. The highest BCUT2D eigenvalue weighted by atomic mass is 16.5. The molecule has 0 aromatic heterocycles. The molecule has 4 nitrogen and oxygen atoms in total. The third-order valence-corrected chi connectivity index (χ3v) is 3.30. The minimum atomic E-state index is -0.322. The molecule has 1 unspecified atom stereocenters. The van der Waals surface area contributed by atoms with E-state index in [1.807, 2.05) is 13.8 Å². The van der Waals surface area contributed by atoms with Gasteiger partial charge in [-0.1, -0.05) is 46.0 Å².